The van der Waals surface area contributed by atoms with Gasteiger partial charge in [0.15, 0.2) is 0 Å². The van der Waals surface area contributed by atoms with Crippen molar-refractivity contribution in [3.05, 3.63) is 52.8 Å². The zero-order chi connectivity index (χ0) is 14.5. The number of rotatable bonds is 4. The Balaban J connectivity index is 2.23. The summed E-state index contributed by atoms with van der Waals surface area (Å²) >= 11 is 5.78. The van der Waals surface area contributed by atoms with Gasteiger partial charge in [-0.1, -0.05) is 17.7 Å². The minimum absolute atomic E-state index is 0.251. The highest BCUT2D eigenvalue weighted by Gasteiger charge is 2.10. The molecule has 1 aromatic heterocycles. The molecule has 1 amide bonds. The molecule has 0 aliphatic carbocycles. The van der Waals surface area contributed by atoms with Crippen molar-refractivity contribution in [1.29, 1.82) is 0 Å². The molecule has 1 aromatic carbocycles. The van der Waals surface area contributed by atoms with Gasteiger partial charge in [-0.25, -0.2) is 4.98 Å². The van der Waals surface area contributed by atoms with Crippen LogP contribution in [-0.2, 0) is 0 Å². The van der Waals surface area contributed by atoms with Crippen LogP contribution in [0.3, 0.4) is 0 Å². The third kappa shape index (κ3) is 3.48. The van der Waals surface area contributed by atoms with Crippen LogP contribution in [0.4, 0.5) is 5.69 Å². The van der Waals surface area contributed by atoms with Crippen LogP contribution in [0, 0.1) is 6.92 Å². The van der Waals surface area contributed by atoms with Gasteiger partial charge in [0.25, 0.3) is 5.91 Å². The number of aryl methyl sites for hydroxylation is 1. The van der Waals surface area contributed by atoms with Crippen molar-refractivity contribution in [1.82, 2.24) is 4.98 Å². The number of nitrogens with one attached hydrogen (secondary N) is 1. The molecule has 0 saturated heterocycles. The molecule has 5 heteroatoms. The van der Waals surface area contributed by atoms with Gasteiger partial charge in [0.2, 0.25) is 0 Å². The van der Waals surface area contributed by atoms with Gasteiger partial charge in [-0.15, -0.1) is 0 Å². The topological polar surface area (TPSA) is 51.2 Å². The Labute approximate surface area is 122 Å². The molecule has 0 aliphatic rings. The molecule has 0 unspecified atom stereocenters. The van der Waals surface area contributed by atoms with Gasteiger partial charge in [0, 0.05) is 11.8 Å². The van der Waals surface area contributed by atoms with Gasteiger partial charge in [0.05, 0.1) is 12.3 Å². The van der Waals surface area contributed by atoms with Crippen molar-refractivity contribution >= 4 is 23.2 Å². The molecule has 0 saturated carbocycles. The lowest BCUT2D eigenvalue weighted by Crippen LogP contribution is -2.13. The molecule has 0 bridgehead atoms. The van der Waals surface area contributed by atoms with Crippen LogP contribution >= 0.6 is 11.6 Å². The quantitative estimate of drug-likeness (QED) is 0.874. The van der Waals surface area contributed by atoms with Crippen LogP contribution < -0.4 is 10.1 Å². The molecule has 2 rings (SSSR count). The third-order valence-electron chi connectivity index (χ3n) is 2.67. The maximum atomic E-state index is 12.2. The summed E-state index contributed by atoms with van der Waals surface area (Å²) in [7, 11) is 0. The van der Waals surface area contributed by atoms with E-state index in [0.717, 1.165) is 5.56 Å². The average molecular weight is 291 g/mol. The zero-order valence-corrected chi connectivity index (χ0v) is 12.1. The van der Waals surface area contributed by atoms with E-state index in [1.54, 1.807) is 6.07 Å². The highest BCUT2D eigenvalue weighted by Crippen LogP contribution is 2.26. The number of benzene rings is 1. The van der Waals surface area contributed by atoms with E-state index in [2.05, 4.69) is 10.3 Å². The first-order valence-corrected chi connectivity index (χ1v) is 6.64. The number of carbonyl (C=O) groups is 1. The molecule has 0 radical (unpaired) electrons. The normalized spacial score (nSPS) is 10.2. The van der Waals surface area contributed by atoms with E-state index in [-0.39, 0.29) is 11.1 Å². The fraction of sp³-hybridized carbons (Fsp3) is 0.200. The highest BCUT2D eigenvalue weighted by molar-refractivity contribution is 6.29. The summed E-state index contributed by atoms with van der Waals surface area (Å²) in [6, 6.07) is 8.75. The van der Waals surface area contributed by atoms with Gasteiger partial charge in [-0.2, -0.15) is 0 Å². The summed E-state index contributed by atoms with van der Waals surface area (Å²) in [6.45, 7) is 4.40. The van der Waals surface area contributed by atoms with E-state index in [1.807, 2.05) is 32.0 Å². The van der Waals surface area contributed by atoms with Crippen LogP contribution in [0.5, 0.6) is 5.75 Å². The first kappa shape index (κ1) is 14.3. The van der Waals surface area contributed by atoms with E-state index in [9.17, 15) is 4.79 Å². The predicted octanol–water partition coefficient (Wildman–Crippen LogP) is 3.69. The van der Waals surface area contributed by atoms with Crippen molar-refractivity contribution in [3.63, 3.8) is 0 Å². The maximum absolute atomic E-state index is 12.2. The van der Waals surface area contributed by atoms with Gasteiger partial charge >= 0.3 is 0 Å². The number of hydrogen-bond donors (Lipinski definition) is 1. The van der Waals surface area contributed by atoms with Crippen molar-refractivity contribution in [2.45, 2.75) is 13.8 Å². The third-order valence-corrected chi connectivity index (χ3v) is 2.88. The average Bonchev–Trinajstić information content (AvgIpc) is 2.42. The number of anilines is 1. The molecule has 0 aliphatic heterocycles. The van der Waals surface area contributed by atoms with E-state index in [1.165, 1.54) is 12.3 Å². The summed E-state index contributed by atoms with van der Waals surface area (Å²) in [4.78, 5) is 16.0. The van der Waals surface area contributed by atoms with Crippen molar-refractivity contribution in [3.8, 4) is 5.75 Å². The van der Waals surface area contributed by atoms with E-state index in [0.29, 0.717) is 23.6 Å². The van der Waals surface area contributed by atoms with Crippen LogP contribution in [0.1, 0.15) is 22.8 Å². The Bertz CT molecular complexity index is 629. The summed E-state index contributed by atoms with van der Waals surface area (Å²) < 4.78 is 5.53. The number of halogens is 1. The van der Waals surface area contributed by atoms with Crippen LogP contribution in [0.2, 0.25) is 5.15 Å². The van der Waals surface area contributed by atoms with Gasteiger partial charge in [-0.3, -0.25) is 4.79 Å². The second kappa shape index (κ2) is 6.39. The number of nitrogens with zero attached hydrogens (tertiary/aromatic N) is 1. The second-order valence-corrected chi connectivity index (χ2v) is 4.64. The first-order valence-electron chi connectivity index (χ1n) is 6.26. The lowest BCUT2D eigenvalue weighted by atomic mass is 10.2. The smallest absolute Gasteiger partial charge is 0.255 e. The summed E-state index contributed by atoms with van der Waals surface area (Å²) in [5, 5.41) is 3.10. The SMILES string of the molecule is CCOc1cc(C)ccc1NC(=O)c1ccnc(Cl)c1. The summed E-state index contributed by atoms with van der Waals surface area (Å²) in [5.41, 5.74) is 2.15. The molecule has 20 heavy (non-hydrogen) atoms. The number of amides is 1. The number of aromatic nitrogens is 1. The van der Waals surface area contributed by atoms with E-state index >= 15 is 0 Å². The molecule has 4 nitrogen and oxygen atoms in total. The Morgan fingerprint density at radius 1 is 1.35 bits per heavy atom. The Morgan fingerprint density at radius 2 is 2.15 bits per heavy atom. The molecule has 1 heterocycles. The minimum Gasteiger partial charge on any atom is -0.492 e. The molecular weight excluding hydrogens is 276 g/mol. The number of hydrogen-bond acceptors (Lipinski definition) is 3. The zero-order valence-electron chi connectivity index (χ0n) is 11.3. The standard InChI is InChI=1S/C15H15ClN2O2/c1-3-20-13-8-10(2)4-5-12(13)18-15(19)11-6-7-17-14(16)9-11/h4-9H,3H2,1-2H3,(H,18,19). The van der Waals surface area contributed by atoms with Crippen molar-refractivity contribution in [2.75, 3.05) is 11.9 Å². The predicted molar refractivity (Wildman–Crippen MR) is 79.5 cm³/mol. The largest absolute Gasteiger partial charge is 0.492 e. The van der Waals surface area contributed by atoms with Crippen molar-refractivity contribution in [2.24, 2.45) is 0 Å². The summed E-state index contributed by atoms with van der Waals surface area (Å²) in [6.07, 6.45) is 1.50. The van der Waals surface area contributed by atoms with Crippen LogP contribution in [-0.4, -0.2) is 17.5 Å². The van der Waals surface area contributed by atoms with Gasteiger partial charge in [-0.05, 0) is 43.7 Å². The number of carbonyl (C=O) groups excluding carboxylic acids is 1. The van der Waals surface area contributed by atoms with Crippen molar-refractivity contribution < 1.29 is 9.53 Å². The molecule has 104 valence electrons. The molecular formula is C15H15ClN2O2. The summed E-state index contributed by atoms with van der Waals surface area (Å²) in [5.74, 6) is 0.403. The molecule has 0 atom stereocenters. The van der Waals surface area contributed by atoms with Gasteiger partial charge < -0.3 is 10.1 Å². The van der Waals surface area contributed by atoms with E-state index in [4.69, 9.17) is 16.3 Å². The minimum atomic E-state index is -0.251. The Hall–Kier alpha value is -2.07. The van der Waals surface area contributed by atoms with Gasteiger partial charge in [0.1, 0.15) is 10.9 Å². The first-order chi connectivity index (χ1) is 9.60. The number of ether oxygens (including phenoxy) is 1. The maximum Gasteiger partial charge on any atom is 0.255 e. The fourth-order valence-corrected chi connectivity index (χ4v) is 1.92. The van der Waals surface area contributed by atoms with Crippen LogP contribution in [0.15, 0.2) is 36.5 Å². The Morgan fingerprint density at radius 3 is 2.85 bits per heavy atom. The lowest BCUT2D eigenvalue weighted by molar-refractivity contribution is 0.102. The van der Waals surface area contributed by atoms with Crippen LogP contribution in [0.25, 0.3) is 0 Å². The second-order valence-electron chi connectivity index (χ2n) is 4.25. The number of pyridine rings is 1. The monoisotopic (exact) mass is 290 g/mol. The lowest BCUT2D eigenvalue weighted by Gasteiger charge is -2.12. The highest BCUT2D eigenvalue weighted by atomic mass is 35.5. The molecule has 0 spiro atoms. The molecule has 2 aromatic rings. The van der Waals surface area contributed by atoms with E-state index < -0.39 is 0 Å². The molecule has 1 N–H and O–H groups in total. The fourth-order valence-electron chi connectivity index (χ4n) is 1.75. The Kier molecular flexibility index (Phi) is 4.58. The molecule has 0 fully saturated rings.